The molecule has 0 saturated carbocycles. The van der Waals surface area contributed by atoms with Gasteiger partial charge in [-0.3, -0.25) is 4.57 Å². The van der Waals surface area contributed by atoms with Gasteiger partial charge in [0.05, 0.1) is 29.7 Å². The summed E-state index contributed by atoms with van der Waals surface area (Å²) in [4.78, 5) is 20.0. The Morgan fingerprint density at radius 1 is 1.15 bits per heavy atom. The van der Waals surface area contributed by atoms with E-state index in [4.69, 9.17) is 16.2 Å². The summed E-state index contributed by atoms with van der Waals surface area (Å²) in [5.41, 5.74) is 11.9. The Labute approximate surface area is 271 Å². The number of halogens is 4. The quantitative estimate of drug-likeness (QED) is 0.0973. The number of nitrogens with zero attached hydrogens (tertiary/aromatic N) is 2. The summed E-state index contributed by atoms with van der Waals surface area (Å²) in [5.74, 6) is -1.39. The molecule has 1 saturated heterocycles. The molecule has 4 atom stereocenters. The number of piperidine rings is 1. The van der Waals surface area contributed by atoms with Crippen molar-refractivity contribution in [1.82, 2.24) is 25.2 Å². The minimum atomic E-state index is -4.89. The van der Waals surface area contributed by atoms with Gasteiger partial charge in [0.15, 0.2) is 0 Å². The van der Waals surface area contributed by atoms with Crippen LogP contribution in [0.5, 0.6) is 0 Å². The van der Waals surface area contributed by atoms with Crippen LogP contribution >= 0.6 is 0 Å². The Morgan fingerprint density at radius 2 is 1.91 bits per heavy atom. The lowest BCUT2D eigenvalue weighted by Gasteiger charge is -2.32. The van der Waals surface area contributed by atoms with Gasteiger partial charge in [-0.1, -0.05) is 18.6 Å². The molecule has 2 aromatic carbocycles. The minimum Gasteiger partial charge on any atom is -0.383 e. The number of hydrogen-bond donors (Lipinski definition) is 5. The number of aromatic amines is 1. The van der Waals surface area contributed by atoms with Crippen LogP contribution in [0.15, 0.2) is 53.5 Å². The van der Waals surface area contributed by atoms with Crippen LogP contribution in [0.2, 0.25) is 0 Å². The molecule has 0 spiro atoms. The number of hydrogen-bond acceptors (Lipinski definition) is 7. The van der Waals surface area contributed by atoms with Gasteiger partial charge >= 0.3 is 11.9 Å². The standard InChI is InChI=1S/C34H43F4N7O2/c1-20(39)41-14-13-25-7-4-8-29(42-25)22-9-11-26(12-10-22)45-18-23-17-30(43-32(23)44-33(45)46)27-15-21(5-3-6-24(40)19-47-2)16-28(31(27)35)34(36,37)38/h9-12,15-18,20,24-25,29,41-42H,3-8,13-14,19,39-40H2,1-2H3,(H,43,44,46)/t20?,24-,25+,29+/m1/s1. The largest absolute Gasteiger partial charge is 0.419 e. The zero-order valence-corrected chi connectivity index (χ0v) is 26.7. The average Bonchev–Trinajstić information content (AvgIpc) is 3.43. The Hall–Kier alpha value is -3.62. The summed E-state index contributed by atoms with van der Waals surface area (Å²) in [7, 11) is 1.53. The number of nitrogens with one attached hydrogen (secondary N) is 3. The number of methoxy groups -OCH3 is 1. The number of rotatable bonds is 13. The van der Waals surface area contributed by atoms with E-state index in [1.807, 2.05) is 31.2 Å². The van der Waals surface area contributed by atoms with E-state index < -0.39 is 23.2 Å². The smallest absolute Gasteiger partial charge is 0.383 e. The van der Waals surface area contributed by atoms with Crippen LogP contribution in [0.25, 0.3) is 28.0 Å². The zero-order chi connectivity index (χ0) is 33.7. The second kappa shape index (κ2) is 15.1. The predicted octanol–water partition coefficient (Wildman–Crippen LogP) is 5.30. The van der Waals surface area contributed by atoms with E-state index >= 15 is 4.39 Å². The molecule has 4 aromatic rings. The number of aromatic nitrogens is 3. The third-order valence-corrected chi connectivity index (χ3v) is 8.67. The lowest BCUT2D eigenvalue weighted by atomic mass is 9.92. The first kappa shape index (κ1) is 34.7. The maximum atomic E-state index is 15.4. The van der Waals surface area contributed by atoms with E-state index in [0.717, 1.165) is 43.9 Å². The highest BCUT2D eigenvalue weighted by Gasteiger charge is 2.36. The normalized spacial score (nSPS) is 18.5. The van der Waals surface area contributed by atoms with Crippen molar-refractivity contribution >= 4 is 11.0 Å². The fourth-order valence-corrected chi connectivity index (χ4v) is 6.28. The molecular formula is C34H43F4N7O2. The third-order valence-electron chi connectivity index (χ3n) is 8.67. The molecule has 0 amide bonds. The molecule has 1 aliphatic heterocycles. The van der Waals surface area contributed by atoms with Crippen LogP contribution in [-0.2, 0) is 17.3 Å². The molecule has 47 heavy (non-hydrogen) atoms. The molecule has 1 unspecified atom stereocenters. The van der Waals surface area contributed by atoms with Crippen molar-refractivity contribution in [3.05, 3.63) is 81.7 Å². The van der Waals surface area contributed by atoms with Gasteiger partial charge in [0.2, 0.25) is 0 Å². The summed E-state index contributed by atoms with van der Waals surface area (Å²) < 4.78 is 63.3. The fraction of sp³-hybridized carbons (Fsp3) is 0.471. The first-order valence-electron chi connectivity index (χ1n) is 16.0. The summed E-state index contributed by atoms with van der Waals surface area (Å²) in [5, 5.41) is 7.43. The molecule has 3 heterocycles. The van der Waals surface area contributed by atoms with E-state index in [1.165, 1.54) is 23.8 Å². The highest BCUT2D eigenvalue weighted by atomic mass is 19.4. The van der Waals surface area contributed by atoms with Gasteiger partial charge in [-0.25, -0.2) is 9.18 Å². The molecule has 2 aromatic heterocycles. The number of H-pyrrole nitrogens is 1. The van der Waals surface area contributed by atoms with Crippen molar-refractivity contribution in [2.45, 2.75) is 82.3 Å². The summed E-state index contributed by atoms with van der Waals surface area (Å²) in [6.45, 7) is 3.09. The predicted molar refractivity (Wildman–Crippen MR) is 175 cm³/mol. The second-order valence-electron chi connectivity index (χ2n) is 12.5. The van der Waals surface area contributed by atoms with Crippen LogP contribution in [0, 0.1) is 5.82 Å². The first-order valence-corrected chi connectivity index (χ1v) is 16.0. The third kappa shape index (κ3) is 8.65. The van der Waals surface area contributed by atoms with E-state index in [-0.39, 0.29) is 41.6 Å². The van der Waals surface area contributed by atoms with Gasteiger partial charge in [0.1, 0.15) is 11.5 Å². The SMILES string of the molecule is COC[C@H](N)CCCc1cc(-c2cc3cn(-c4ccc([C@@H]5CCC[C@@H](CCNC(C)N)N5)cc4)c(=O)nc3[nH]2)c(F)c(C(F)(F)F)c1. The number of fused-ring (bicyclic) bond motifs is 1. The van der Waals surface area contributed by atoms with Gasteiger partial charge < -0.3 is 31.8 Å². The molecule has 0 aliphatic carbocycles. The number of benzene rings is 2. The van der Waals surface area contributed by atoms with Gasteiger partial charge in [-0.2, -0.15) is 18.2 Å². The van der Waals surface area contributed by atoms with E-state index in [2.05, 4.69) is 20.6 Å². The Kier molecular flexibility index (Phi) is 11.1. The van der Waals surface area contributed by atoms with Gasteiger partial charge in [0.25, 0.3) is 0 Å². The van der Waals surface area contributed by atoms with Crippen molar-refractivity contribution in [3.63, 3.8) is 0 Å². The molecule has 1 fully saturated rings. The maximum absolute atomic E-state index is 15.4. The molecular weight excluding hydrogens is 614 g/mol. The van der Waals surface area contributed by atoms with Crippen LogP contribution in [0.1, 0.15) is 68.2 Å². The molecule has 7 N–H and O–H groups in total. The number of nitrogens with two attached hydrogens (primary N) is 2. The van der Waals surface area contributed by atoms with E-state index in [9.17, 15) is 18.0 Å². The topological polar surface area (TPSA) is 136 Å². The van der Waals surface area contributed by atoms with Crippen molar-refractivity contribution in [3.8, 4) is 16.9 Å². The second-order valence-corrected chi connectivity index (χ2v) is 12.5. The minimum absolute atomic E-state index is 0.0432. The van der Waals surface area contributed by atoms with Crippen LogP contribution < -0.4 is 27.8 Å². The first-order chi connectivity index (χ1) is 22.4. The van der Waals surface area contributed by atoms with Crippen LogP contribution in [-0.4, -0.2) is 53.0 Å². The van der Waals surface area contributed by atoms with E-state index in [1.54, 1.807) is 6.20 Å². The highest BCUT2D eigenvalue weighted by Crippen LogP contribution is 2.37. The monoisotopic (exact) mass is 657 g/mol. The Morgan fingerprint density at radius 3 is 2.62 bits per heavy atom. The van der Waals surface area contributed by atoms with Crippen molar-refractivity contribution in [2.75, 3.05) is 20.3 Å². The molecule has 254 valence electrons. The summed E-state index contributed by atoms with van der Waals surface area (Å²) in [6, 6.07) is 11.7. The van der Waals surface area contributed by atoms with Gasteiger partial charge in [-0.05, 0) is 93.5 Å². The molecule has 5 rings (SSSR count). The molecule has 13 heteroatoms. The van der Waals surface area contributed by atoms with Crippen molar-refractivity contribution in [1.29, 1.82) is 0 Å². The molecule has 9 nitrogen and oxygen atoms in total. The molecule has 0 bridgehead atoms. The van der Waals surface area contributed by atoms with Crippen molar-refractivity contribution in [2.24, 2.45) is 11.5 Å². The molecule has 0 radical (unpaired) electrons. The number of aryl methyl sites for hydroxylation is 1. The van der Waals surface area contributed by atoms with Crippen LogP contribution in [0.3, 0.4) is 0 Å². The van der Waals surface area contributed by atoms with Gasteiger partial charge in [-0.15, -0.1) is 0 Å². The number of alkyl halides is 3. The van der Waals surface area contributed by atoms with Crippen LogP contribution in [0.4, 0.5) is 17.6 Å². The lowest BCUT2D eigenvalue weighted by molar-refractivity contribution is -0.140. The summed E-state index contributed by atoms with van der Waals surface area (Å²) in [6.07, 6.45) is 2.13. The van der Waals surface area contributed by atoms with E-state index in [0.29, 0.717) is 42.1 Å². The maximum Gasteiger partial charge on any atom is 0.419 e. The Balaban J connectivity index is 1.38. The van der Waals surface area contributed by atoms with Gasteiger partial charge in [0, 0.05) is 42.4 Å². The highest BCUT2D eigenvalue weighted by molar-refractivity contribution is 5.83. The average molecular weight is 658 g/mol. The van der Waals surface area contributed by atoms with Crippen molar-refractivity contribution < 1.29 is 22.3 Å². The lowest BCUT2D eigenvalue weighted by Crippen LogP contribution is -2.41. The number of ether oxygens (including phenoxy) is 1. The fourth-order valence-electron chi connectivity index (χ4n) is 6.28. The summed E-state index contributed by atoms with van der Waals surface area (Å²) >= 11 is 0. The molecule has 1 aliphatic rings. The zero-order valence-electron chi connectivity index (χ0n) is 26.7. The Bertz CT molecular complexity index is 1700.